The average molecular weight is 258 g/mol. The number of ether oxygens (including phenoxy) is 2. The smallest absolute Gasteiger partial charge is 0.246 e. The van der Waals surface area contributed by atoms with E-state index in [-0.39, 0.29) is 18.1 Å². The molecule has 0 radical (unpaired) electrons. The first kappa shape index (κ1) is 15.4. The topological polar surface area (TPSA) is 73.6 Å². The van der Waals surface area contributed by atoms with Gasteiger partial charge in [0.2, 0.25) is 5.91 Å². The molecule has 0 aromatic heterocycles. The lowest BCUT2D eigenvalue weighted by Gasteiger charge is -2.27. The molecule has 5 nitrogen and oxygen atoms in total. The van der Waals surface area contributed by atoms with Crippen LogP contribution in [0.1, 0.15) is 38.5 Å². The summed E-state index contributed by atoms with van der Waals surface area (Å²) in [5.41, 5.74) is 6.06. The number of carbonyl (C=O) groups is 1. The van der Waals surface area contributed by atoms with E-state index in [1.54, 1.807) is 7.11 Å². The molecule has 0 aromatic rings. The Hall–Kier alpha value is -0.650. The Morgan fingerprint density at radius 2 is 1.94 bits per heavy atom. The Bertz CT molecular complexity index is 238. The molecule has 0 heterocycles. The second kappa shape index (κ2) is 8.45. The number of rotatable bonds is 7. The summed E-state index contributed by atoms with van der Waals surface area (Å²) in [4.78, 5) is 11.4. The minimum Gasteiger partial charge on any atom is -0.383 e. The molecule has 0 bridgehead atoms. The lowest BCUT2D eigenvalue weighted by Crippen LogP contribution is -2.45. The molecular formula is C13H26N2O3. The minimum absolute atomic E-state index is 0.0860. The van der Waals surface area contributed by atoms with Gasteiger partial charge >= 0.3 is 0 Å². The molecule has 1 amide bonds. The van der Waals surface area contributed by atoms with E-state index in [0.717, 1.165) is 12.8 Å². The fraction of sp³-hybridized carbons (Fsp3) is 0.923. The van der Waals surface area contributed by atoms with Crippen molar-refractivity contribution < 1.29 is 14.3 Å². The van der Waals surface area contributed by atoms with Crippen molar-refractivity contribution in [3.8, 4) is 0 Å². The Morgan fingerprint density at radius 1 is 1.28 bits per heavy atom. The second-order valence-electron chi connectivity index (χ2n) is 5.11. The van der Waals surface area contributed by atoms with E-state index in [4.69, 9.17) is 15.2 Å². The summed E-state index contributed by atoms with van der Waals surface area (Å²) in [6.07, 6.45) is 6.85. The minimum atomic E-state index is -0.233. The first-order valence-electron chi connectivity index (χ1n) is 6.78. The molecule has 1 rings (SSSR count). The van der Waals surface area contributed by atoms with Crippen molar-refractivity contribution >= 4 is 5.91 Å². The standard InChI is InChI=1S/C13H26N2O3/c1-17-9-8-15-12(16)10-18-11-13(14)6-4-2-3-5-7-13/h2-11,14H2,1H3,(H,15,16). The highest BCUT2D eigenvalue weighted by molar-refractivity contribution is 5.77. The summed E-state index contributed by atoms with van der Waals surface area (Å²) in [6, 6.07) is 0. The second-order valence-corrected chi connectivity index (χ2v) is 5.11. The highest BCUT2D eigenvalue weighted by atomic mass is 16.5. The lowest BCUT2D eigenvalue weighted by atomic mass is 9.93. The summed E-state index contributed by atoms with van der Waals surface area (Å²) >= 11 is 0. The largest absolute Gasteiger partial charge is 0.383 e. The lowest BCUT2D eigenvalue weighted by molar-refractivity contribution is -0.126. The van der Waals surface area contributed by atoms with E-state index in [2.05, 4.69) is 5.32 Å². The third kappa shape index (κ3) is 6.33. The normalized spacial score (nSPS) is 19.2. The molecule has 18 heavy (non-hydrogen) atoms. The van der Waals surface area contributed by atoms with Crippen molar-refractivity contribution in [3.63, 3.8) is 0 Å². The molecule has 1 aliphatic rings. The number of nitrogens with one attached hydrogen (secondary N) is 1. The van der Waals surface area contributed by atoms with Crippen LogP contribution in [0.25, 0.3) is 0 Å². The fourth-order valence-corrected chi connectivity index (χ4v) is 2.27. The molecule has 1 fully saturated rings. The third-order valence-corrected chi connectivity index (χ3v) is 3.35. The van der Waals surface area contributed by atoms with Gasteiger partial charge in [-0.05, 0) is 12.8 Å². The fourth-order valence-electron chi connectivity index (χ4n) is 2.27. The first-order valence-corrected chi connectivity index (χ1v) is 6.78. The Kier molecular flexibility index (Phi) is 7.23. The summed E-state index contributed by atoms with van der Waals surface area (Å²) in [5, 5.41) is 2.72. The number of hydrogen-bond donors (Lipinski definition) is 2. The maximum Gasteiger partial charge on any atom is 0.246 e. The maximum atomic E-state index is 11.4. The predicted octanol–water partition coefficient (Wildman–Crippen LogP) is 0.817. The van der Waals surface area contributed by atoms with Crippen LogP contribution >= 0.6 is 0 Å². The molecule has 5 heteroatoms. The van der Waals surface area contributed by atoms with Gasteiger partial charge in [-0.15, -0.1) is 0 Å². The van der Waals surface area contributed by atoms with Gasteiger partial charge < -0.3 is 20.5 Å². The molecule has 0 saturated heterocycles. The highest BCUT2D eigenvalue weighted by Gasteiger charge is 2.26. The molecule has 106 valence electrons. The van der Waals surface area contributed by atoms with Gasteiger partial charge in [-0.25, -0.2) is 0 Å². The van der Waals surface area contributed by atoms with Gasteiger partial charge in [-0.1, -0.05) is 25.7 Å². The van der Waals surface area contributed by atoms with E-state index in [9.17, 15) is 4.79 Å². The molecule has 3 N–H and O–H groups in total. The molecule has 0 atom stereocenters. The Morgan fingerprint density at radius 3 is 2.56 bits per heavy atom. The monoisotopic (exact) mass is 258 g/mol. The highest BCUT2D eigenvalue weighted by Crippen LogP contribution is 2.24. The van der Waals surface area contributed by atoms with Crippen LogP contribution in [0.4, 0.5) is 0 Å². The van der Waals surface area contributed by atoms with Gasteiger partial charge in [-0.2, -0.15) is 0 Å². The van der Waals surface area contributed by atoms with Crippen molar-refractivity contribution in [2.75, 3.05) is 33.5 Å². The van der Waals surface area contributed by atoms with Crippen molar-refractivity contribution in [3.05, 3.63) is 0 Å². The molecule has 0 spiro atoms. The number of methoxy groups -OCH3 is 1. The molecule has 1 aliphatic carbocycles. The van der Waals surface area contributed by atoms with Crippen LogP contribution in [0.5, 0.6) is 0 Å². The van der Waals surface area contributed by atoms with E-state index in [0.29, 0.717) is 19.8 Å². The Balaban J connectivity index is 2.13. The van der Waals surface area contributed by atoms with Crippen molar-refractivity contribution in [2.24, 2.45) is 5.73 Å². The molecule has 0 aliphatic heterocycles. The number of nitrogens with two attached hydrogens (primary N) is 1. The number of carbonyl (C=O) groups excluding carboxylic acids is 1. The van der Waals surface area contributed by atoms with Crippen LogP contribution in [0, 0.1) is 0 Å². The van der Waals surface area contributed by atoms with Gasteiger partial charge in [0.05, 0.1) is 13.2 Å². The molecule has 1 saturated carbocycles. The van der Waals surface area contributed by atoms with Crippen LogP contribution in [0.15, 0.2) is 0 Å². The molecule has 0 unspecified atom stereocenters. The van der Waals surface area contributed by atoms with Crippen molar-refractivity contribution in [1.29, 1.82) is 0 Å². The van der Waals surface area contributed by atoms with E-state index >= 15 is 0 Å². The zero-order valence-electron chi connectivity index (χ0n) is 11.4. The quantitative estimate of drug-likeness (QED) is 0.524. The van der Waals surface area contributed by atoms with Crippen LogP contribution in [-0.4, -0.2) is 44.9 Å². The van der Waals surface area contributed by atoms with Crippen molar-refractivity contribution in [2.45, 2.75) is 44.1 Å². The van der Waals surface area contributed by atoms with Gasteiger partial charge in [0.1, 0.15) is 6.61 Å². The zero-order chi connectivity index (χ0) is 13.3. The van der Waals surface area contributed by atoms with Crippen LogP contribution in [0.3, 0.4) is 0 Å². The molecule has 0 aromatic carbocycles. The maximum absolute atomic E-state index is 11.4. The van der Waals surface area contributed by atoms with E-state index in [1.165, 1.54) is 25.7 Å². The van der Waals surface area contributed by atoms with Crippen LogP contribution in [0.2, 0.25) is 0 Å². The van der Waals surface area contributed by atoms with E-state index in [1.807, 2.05) is 0 Å². The summed E-state index contributed by atoms with van der Waals surface area (Å²) in [5.74, 6) is -0.107. The summed E-state index contributed by atoms with van der Waals surface area (Å²) in [6.45, 7) is 1.60. The van der Waals surface area contributed by atoms with Crippen LogP contribution in [-0.2, 0) is 14.3 Å². The van der Waals surface area contributed by atoms with Gasteiger partial charge in [0.15, 0.2) is 0 Å². The SMILES string of the molecule is COCCNC(=O)COCC1(N)CCCCCC1. The zero-order valence-corrected chi connectivity index (χ0v) is 11.4. The average Bonchev–Trinajstić information content (AvgIpc) is 2.55. The van der Waals surface area contributed by atoms with Gasteiger partial charge in [0, 0.05) is 19.2 Å². The van der Waals surface area contributed by atoms with Gasteiger partial charge in [0.25, 0.3) is 0 Å². The number of amides is 1. The van der Waals surface area contributed by atoms with Gasteiger partial charge in [-0.3, -0.25) is 4.79 Å². The van der Waals surface area contributed by atoms with Crippen LogP contribution < -0.4 is 11.1 Å². The summed E-state index contributed by atoms with van der Waals surface area (Å²) in [7, 11) is 1.60. The van der Waals surface area contributed by atoms with Crippen molar-refractivity contribution in [1.82, 2.24) is 5.32 Å². The first-order chi connectivity index (χ1) is 8.66. The number of hydrogen-bond acceptors (Lipinski definition) is 4. The third-order valence-electron chi connectivity index (χ3n) is 3.35. The predicted molar refractivity (Wildman–Crippen MR) is 70.3 cm³/mol. The summed E-state index contributed by atoms with van der Waals surface area (Å²) < 4.78 is 10.3. The molecular weight excluding hydrogens is 232 g/mol. The van der Waals surface area contributed by atoms with E-state index < -0.39 is 0 Å². The Labute approximate surface area is 109 Å².